The van der Waals surface area contributed by atoms with Gasteiger partial charge in [0, 0.05) is 53.9 Å². The lowest BCUT2D eigenvalue weighted by atomic mass is 9.60. The molecule has 0 unspecified atom stereocenters. The Labute approximate surface area is 215 Å². The van der Waals surface area contributed by atoms with Crippen LogP contribution in [0.3, 0.4) is 0 Å². The third-order valence-corrected chi connectivity index (χ3v) is 7.18. The number of fused-ring (bicyclic) bond motifs is 1. The maximum Gasteiger partial charge on any atom is 0.459 e. The number of aromatic nitrogens is 3. The van der Waals surface area contributed by atoms with Gasteiger partial charge in [0.25, 0.3) is 5.56 Å². The first-order chi connectivity index (χ1) is 17.0. The zero-order chi connectivity index (χ0) is 26.0. The highest BCUT2D eigenvalue weighted by Crippen LogP contribution is 2.37. The molecule has 3 aromatic rings. The number of benzene rings is 1. The van der Waals surface area contributed by atoms with E-state index in [4.69, 9.17) is 0 Å². The van der Waals surface area contributed by atoms with E-state index >= 15 is 0 Å². The number of hydrogen-bond donors (Lipinski definition) is 4. The van der Waals surface area contributed by atoms with Gasteiger partial charge in [-0.15, -0.1) is 0 Å². The molecule has 0 atom stereocenters. The standard InChI is InChI=1S/C25H32BN5O4S/c1-16(2)31-13-11-21(28-31)36-29-24(33)27-23-19-7-5-6-17(19)8-9-20(23)18-10-12-30(22(32)14-18)15-25(3,4)26(34)35/h8-14,16,34-35H,5-7,15H2,1-4H3,(H2,27,29,33). The summed E-state index contributed by atoms with van der Waals surface area (Å²) in [6, 6.07) is 9.05. The summed E-state index contributed by atoms with van der Waals surface area (Å²) in [6.07, 6.45) is 6.34. The van der Waals surface area contributed by atoms with Gasteiger partial charge in [-0.2, -0.15) is 5.10 Å². The Bertz CT molecular complexity index is 1320. The van der Waals surface area contributed by atoms with Gasteiger partial charge in [0.15, 0.2) is 0 Å². The third-order valence-electron chi connectivity index (χ3n) is 6.47. The molecule has 4 N–H and O–H groups in total. The number of amides is 2. The van der Waals surface area contributed by atoms with Crippen LogP contribution in [-0.2, 0) is 19.4 Å². The van der Waals surface area contributed by atoms with Crippen LogP contribution < -0.4 is 15.6 Å². The number of urea groups is 1. The molecule has 1 aliphatic carbocycles. The lowest BCUT2D eigenvalue weighted by Gasteiger charge is -2.24. The van der Waals surface area contributed by atoms with Crippen molar-refractivity contribution < 1.29 is 14.8 Å². The van der Waals surface area contributed by atoms with Crippen LogP contribution in [0.1, 0.15) is 51.3 Å². The first-order valence-corrected chi connectivity index (χ1v) is 12.9. The normalized spacial score (nSPS) is 13.1. The summed E-state index contributed by atoms with van der Waals surface area (Å²) in [7, 11) is -1.55. The fourth-order valence-electron chi connectivity index (χ4n) is 4.28. The molecule has 0 saturated carbocycles. The molecule has 0 bridgehead atoms. The van der Waals surface area contributed by atoms with E-state index in [9.17, 15) is 19.6 Å². The van der Waals surface area contributed by atoms with Gasteiger partial charge < -0.3 is 19.9 Å². The van der Waals surface area contributed by atoms with E-state index in [2.05, 4.69) is 21.2 Å². The van der Waals surface area contributed by atoms with E-state index in [0.29, 0.717) is 16.3 Å². The fraction of sp³-hybridized carbons (Fsp3) is 0.400. The van der Waals surface area contributed by atoms with Crippen LogP contribution in [0.15, 0.2) is 52.5 Å². The van der Waals surface area contributed by atoms with Crippen LogP contribution in [0, 0.1) is 0 Å². The van der Waals surface area contributed by atoms with Crippen molar-refractivity contribution in [3.05, 3.63) is 64.2 Å². The zero-order valence-corrected chi connectivity index (χ0v) is 21.8. The molecule has 2 amide bonds. The van der Waals surface area contributed by atoms with Crippen LogP contribution >= 0.6 is 11.9 Å². The maximum atomic E-state index is 12.9. The summed E-state index contributed by atoms with van der Waals surface area (Å²) in [5.41, 5.74) is 4.19. The number of aryl methyl sites for hydroxylation is 1. The number of pyridine rings is 1. The Kier molecular flexibility index (Phi) is 7.63. The van der Waals surface area contributed by atoms with E-state index in [1.54, 1.807) is 20.0 Å². The number of carbonyl (C=O) groups excluding carboxylic acids is 1. The molecule has 2 aromatic heterocycles. The molecule has 2 heterocycles. The number of hydrogen-bond acceptors (Lipinski definition) is 6. The van der Waals surface area contributed by atoms with Crippen molar-refractivity contribution in [2.45, 2.75) is 69.9 Å². The lowest BCUT2D eigenvalue weighted by Crippen LogP contribution is -2.35. The van der Waals surface area contributed by atoms with Crippen LogP contribution in [0.2, 0.25) is 5.31 Å². The highest BCUT2D eigenvalue weighted by Gasteiger charge is 2.33. The van der Waals surface area contributed by atoms with E-state index in [1.807, 2.05) is 42.9 Å². The Balaban J connectivity index is 1.57. The Morgan fingerprint density at radius 2 is 1.97 bits per heavy atom. The third kappa shape index (κ3) is 5.69. The maximum absolute atomic E-state index is 12.9. The summed E-state index contributed by atoms with van der Waals surface area (Å²) in [5.74, 6) is 0. The summed E-state index contributed by atoms with van der Waals surface area (Å²) in [4.78, 5) is 25.7. The summed E-state index contributed by atoms with van der Waals surface area (Å²) >= 11 is 1.14. The van der Waals surface area contributed by atoms with Gasteiger partial charge >= 0.3 is 13.1 Å². The molecule has 0 spiro atoms. The Hall–Kier alpha value is -3.02. The van der Waals surface area contributed by atoms with Crippen LogP contribution in [-0.4, -0.2) is 37.5 Å². The number of carbonyl (C=O) groups is 1. The minimum absolute atomic E-state index is 0.158. The highest BCUT2D eigenvalue weighted by atomic mass is 32.2. The quantitative estimate of drug-likeness (QED) is 0.270. The average molecular weight is 509 g/mol. The topological polar surface area (TPSA) is 121 Å². The molecule has 1 aromatic carbocycles. The van der Waals surface area contributed by atoms with E-state index in [1.165, 1.54) is 16.2 Å². The van der Waals surface area contributed by atoms with Gasteiger partial charge in [-0.25, -0.2) is 4.79 Å². The lowest BCUT2D eigenvalue weighted by molar-refractivity contribution is 0.257. The van der Waals surface area contributed by atoms with Crippen LogP contribution in [0.25, 0.3) is 11.1 Å². The van der Waals surface area contributed by atoms with Crippen LogP contribution in [0.5, 0.6) is 0 Å². The van der Waals surface area contributed by atoms with Crippen molar-refractivity contribution in [1.82, 2.24) is 19.1 Å². The second-order valence-corrected chi connectivity index (χ2v) is 10.9. The smallest absolute Gasteiger partial charge is 0.427 e. The minimum Gasteiger partial charge on any atom is -0.427 e. The molecule has 1 aliphatic rings. The van der Waals surface area contributed by atoms with Crippen molar-refractivity contribution >= 4 is 30.8 Å². The van der Waals surface area contributed by atoms with E-state index in [-0.39, 0.29) is 24.2 Å². The Morgan fingerprint density at radius 1 is 1.19 bits per heavy atom. The second-order valence-electron chi connectivity index (χ2n) is 10.1. The predicted octanol–water partition coefficient (Wildman–Crippen LogP) is 3.86. The van der Waals surface area contributed by atoms with E-state index < -0.39 is 12.4 Å². The monoisotopic (exact) mass is 509 g/mol. The van der Waals surface area contributed by atoms with Gasteiger partial charge in [-0.05, 0) is 61.9 Å². The molecular formula is C25H32BN5O4S. The number of nitrogens with zero attached hydrogens (tertiary/aromatic N) is 3. The predicted molar refractivity (Wildman–Crippen MR) is 143 cm³/mol. The molecule has 190 valence electrons. The van der Waals surface area contributed by atoms with Gasteiger partial charge in [0.1, 0.15) is 5.03 Å². The van der Waals surface area contributed by atoms with Gasteiger partial charge in [-0.3, -0.25) is 14.2 Å². The summed E-state index contributed by atoms with van der Waals surface area (Å²) in [5, 5.41) is 26.5. The number of nitrogens with one attached hydrogen (secondary N) is 2. The SMILES string of the molecule is CC(C)n1ccc(SNC(=O)Nc2c(-c3ccn(CC(C)(C)B(O)O)c(=O)c3)ccc3c2CCC3)n1. The molecule has 0 aliphatic heterocycles. The average Bonchev–Trinajstić information content (AvgIpc) is 3.49. The summed E-state index contributed by atoms with van der Waals surface area (Å²) in [6.45, 7) is 7.60. The molecular weight excluding hydrogens is 477 g/mol. The molecule has 0 fully saturated rings. The highest BCUT2D eigenvalue weighted by molar-refractivity contribution is 7.97. The molecule has 9 nitrogen and oxygen atoms in total. The molecule has 11 heteroatoms. The molecule has 36 heavy (non-hydrogen) atoms. The first kappa shape index (κ1) is 26.1. The van der Waals surface area contributed by atoms with Gasteiger partial charge in [0.2, 0.25) is 0 Å². The molecule has 4 rings (SSSR count). The minimum atomic E-state index is -1.55. The number of rotatable bonds is 8. The van der Waals surface area contributed by atoms with Crippen molar-refractivity contribution in [2.75, 3.05) is 5.32 Å². The Morgan fingerprint density at radius 3 is 2.64 bits per heavy atom. The van der Waals surface area contributed by atoms with Crippen molar-refractivity contribution in [3.8, 4) is 11.1 Å². The zero-order valence-electron chi connectivity index (χ0n) is 21.0. The van der Waals surface area contributed by atoms with Crippen molar-refractivity contribution in [1.29, 1.82) is 0 Å². The number of anilines is 1. The van der Waals surface area contributed by atoms with E-state index in [0.717, 1.165) is 42.3 Å². The van der Waals surface area contributed by atoms with Crippen molar-refractivity contribution in [2.24, 2.45) is 0 Å². The fourth-order valence-corrected chi connectivity index (χ4v) is 4.79. The van der Waals surface area contributed by atoms with Crippen molar-refractivity contribution in [3.63, 3.8) is 0 Å². The van der Waals surface area contributed by atoms with Gasteiger partial charge in [0.05, 0.1) is 5.69 Å². The molecule has 0 saturated heterocycles. The molecule has 0 radical (unpaired) electrons. The first-order valence-electron chi connectivity index (χ1n) is 12.1. The van der Waals surface area contributed by atoms with Gasteiger partial charge in [-0.1, -0.05) is 26.0 Å². The van der Waals surface area contributed by atoms with Crippen LogP contribution in [0.4, 0.5) is 10.5 Å². The second kappa shape index (κ2) is 10.5. The summed E-state index contributed by atoms with van der Waals surface area (Å²) < 4.78 is 6.09. The largest absolute Gasteiger partial charge is 0.459 e.